The largest absolute Gasteiger partial charge is 0.466 e. The van der Waals surface area contributed by atoms with Crippen molar-refractivity contribution in [1.29, 1.82) is 0 Å². The van der Waals surface area contributed by atoms with Crippen molar-refractivity contribution in [3.63, 3.8) is 0 Å². The quantitative estimate of drug-likeness (QED) is 0.268. The van der Waals surface area contributed by atoms with E-state index < -0.39 is 0 Å². The minimum atomic E-state index is -0.118. The Labute approximate surface area is 135 Å². The third-order valence-electron chi connectivity index (χ3n) is 3.35. The van der Waals surface area contributed by atoms with E-state index in [0.717, 1.165) is 51.4 Å². The van der Waals surface area contributed by atoms with Gasteiger partial charge in [-0.3, -0.25) is 9.59 Å². The van der Waals surface area contributed by atoms with Crippen molar-refractivity contribution in [2.45, 2.75) is 78.1 Å². The Kier molecular flexibility index (Phi) is 15.1. The lowest BCUT2D eigenvalue weighted by Gasteiger charge is -2.04. The fourth-order valence-electron chi connectivity index (χ4n) is 1.96. The monoisotopic (exact) mass is 312 g/mol. The Balaban J connectivity index is 3.26. The average Bonchev–Trinajstić information content (AvgIpc) is 2.50. The predicted molar refractivity (Wildman–Crippen MR) is 88.6 cm³/mol. The van der Waals surface area contributed by atoms with Crippen LogP contribution in [0, 0.1) is 0 Å². The van der Waals surface area contributed by atoms with E-state index in [4.69, 9.17) is 9.47 Å². The van der Waals surface area contributed by atoms with E-state index in [1.807, 2.05) is 19.1 Å². The Morgan fingerprint density at radius 3 is 1.91 bits per heavy atom. The van der Waals surface area contributed by atoms with Gasteiger partial charge in [0, 0.05) is 12.8 Å². The number of carbonyl (C=O) groups excluding carboxylic acids is 2. The molecule has 0 spiro atoms. The van der Waals surface area contributed by atoms with Gasteiger partial charge in [0.25, 0.3) is 0 Å². The third-order valence-corrected chi connectivity index (χ3v) is 3.35. The summed E-state index contributed by atoms with van der Waals surface area (Å²) in [5.41, 5.74) is 0. The van der Waals surface area contributed by atoms with Crippen LogP contribution in [-0.2, 0) is 19.1 Å². The van der Waals surface area contributed by atoms with Crippen LogP contribution in [-0.4, -0.2) is 25.2 Å². The molecule has 0 saturated heterocycles. The number of unbranched alkanes of at least 4 members (excludes halogenated alkanes) is 6. The molecule has 0 rings (SSSR count). The summed E-state index contributed by atoms with van der Waals surface area (Å²) < 4.78 is 10.1. The Hall–Kier alpha value is -1.32. The van der Waals surface area contributed by atoms with Gasteiger partial charge < -0.3 is 9.47 Å². The van der Waals surface area contributed by atoms with Crippen LogP contribution in [0.25, 0.3) is 0 Å². The molecule has 0 heterocycles. The summed E-state index contributed by atoms with van der Waals surface area (Å²) in [4.78, 5) is 22.7. The molecule has 0 aliphatic rings. The van der Waals surface area contributed by atoms with Gasteiger partial charge in [0.1, 0.15) is 6.61 Å². The van der Waals surface area contributed by atoms with Crippen molar-refractivity contribution < 1.29 is 19.1 Å². The lowest BCUT2D eigenvalue weighted by Crippen LogP contribution is -2.05. The van der Waals surface area contributed by atoms with Gasteiger partial charge in [-0.15, -0.1) is 0 Å². The second-order valence-corrected chi connectivity index (χ2v) is 5.45. The molecular weight excluding hydrogens is 280 g/mol. The first-order chi connectivity index (χ1) is 10.7. The molecule has 0 N–H and O–H groups in total. The molecule has 0 unspecified atom stereocenters. The highest BCUT2D eigenvalue weighted by atomic mass is 16.5. The van der Waals surface area contributed by atoms with Crippen molar-refractivity contribution in [3.05, 3.63) is 12.2 Å². The fraction of sp³-hybridized carbons (Fsp3) is 0.778. The highest BCUT2D eigenvalue weighted by Gasteiger charge is 2.03. The molecule has 4 nitrogen and oxygen atoms in total. The molecule has 4 heteroatoms. The van der Waals surface area contributed by atoms with E-state index in [2.05, 4.69) is 6.92 Å². The van der Waals surface area contributed by atoms with Crippen molar-refractivity contribution in [1.82, 2.24) is 0 Å². The van der Waals surface area contributed by atoms with Gasteiger partial charge in [0.15, 0.2) is 0 Å². The van der Waals surface area contributed by atoms with Gasteiger partial charge in [-0.05, 0) is 26.2 Å². The number of carbonyl (C=O) groups is 2. The van der Waals surface area contributed by atoms with Gasteiger partial charge in [-0.25, -0.2) is 0 Å². The summed E-state index contributed by atoms with van der Waals surface area (Å²) in [5, 5.41) is 0. The second kappa shape index (κ2) is 16.1. The predicted octanol–water partition coefficient (Wildman–Crippen LogP) is 4.57. The van der Waals surface area contributed by atoms with E-state index in [-0.39, 0.29) is 11.9 Å². The van der Waals surface area contributed by atoms with Crippen LogP contribution < -0.4 is 0 Å². The maximum Gasteiger partial charge on any atom is 0.306 e. The van der Waals surface area contributed by atoms with Crippen LogP contribution >= 0.6 is 0 Å². The van der Waals surface area contributed by atoms with Crippen LogP contribution in [0.1, 0.15) is 78.1 Å². The normalized spacial score (nSPS) is 10.8. The number of hydrogen-bond acceptors (Lipinski definition) is 4. The fourth-order valence-corrected chi connectivity index (χ4v) is 1.96. The molecule has 128 valence electrons. The first-order valence-electron chi connectivity index (χ1n) is 8.63. The molecule has 0 aliphatic carbocycles. The zero-order valence-electron chi connectivity index (χ0n) is 14.3. The molecule has 0 saturated carbocycles. The summed E-state index contributed by atoms with van der Waals surface area (Å²) in [5.74, 6) is -0.190. The van der Waals surface area contributed by atoms with Gasteiger partial charge in [0.2, 0.25) is 0 Å². The molecule has 0 atom stereocenters. The van der Waals surface area contributed by atoms with Gasteiger partial charge >= 0.3 is 11.9 Å². The minimum Gasteiger partial charge on any atom is -0.466 e. The Morgan fingerprint density at radius 1 is 0.818 bits per heavy atom. The number of ether oxygens (including phenoxy) is 2. The van der Waals surface area contributed by atoms with Crippen molar-refractivity contribution >= 4 is 11.9 Å². The van der Waals surface area contributed by atoms with E-state index >= 15 is 0 Å². The van der Waals surface area contributed by atoms with Crippen LogP contribution in [0.2, 0.25) is 0 Å². The van der Waals surface area contributed by atoms with E-state index in [1.54, 1.807) is 0 Å². The average molecular weight is 312 g/mol. The molecule has 0 aromatic rings. The van der Waals surface area contributed by atoms with Crippen LogP contribution in [0.15, 0.2) is 12.2 Å². The number of allylic oxidation sites excluding steroid dienone is 1. The maximum atomic E-state index is 11.4. The van der Waals surface area contributed by atoms with Crippen molar-refractivity contribution in [2.75, 3.05) is 13.2 Å². The summed E-state index contributed by atoms with van der Waals surface area (Å²) >= 11 is 0. The van der Waals surface area contributed by atoms with E-state index in [0.29, 0.717) is 26.1 Å². The lowest BCUT2D eigenvalue weighted by molar-refractivity contribution is -0.144. The second-order valence-electron chi connectivity index (χ2n) is 5.45. The third kappa shape index (κ3) is 15.1. The molecule has 0 bridgehead atoms. The smallest absolute Gasteiger partial charge is 0.306 e. The van der Waals surface area contributed by atoms with Crippen LogP contribution in [0.3, 0.4) is 0 Å². The lowest BCUT2D eigenvalue weighted by atomic mass is 10.1. The highest BCUT2D eigenvalue weighted by Crippen LogP contribution is 2.09. The molecule has 0 radical (unpaired) electrons. The van der Waals surface area contributed by atoms with E-state index in [9.17, 15) is 9.59 Å². The summed E-state index contributed by atoms with van der Waals surface area (Å²) in [6.07, 6.45) is 12.8. The van der Waals surface area contributed by atoms with E-state index in [1.165, 1.54) is 0 Å². The summed E-state index contributed by atoms with van der Waals surface area (Å²) in [7, 11) is 0. The number of rotatable bonds is 14. The minimum absolute atomic E-state index is 0.0719. The standard InChI is InChI=1S/C18H32O4/c1-3-5-15-21-17(19)13-11-9-7-8-10-12-14-18(20)22-16-6-4-2/h3,5H,4,6-16H2,1-2H3/b5-3+. The van der Waals surface area contributed by atoms with Crippen molar-refractivity contribution in [2.24, 2.45) is 0 Å². The SMILES string of the molecule is C/C=C/COC(=O)CCCCCCCCC(=O)OCCCC. The molecule has 0 aliphatic heterocycles. The molecule has 0 amide bonds. The number of hydrogen-bond donors (Lipinski definition) is 0. The van der Waals surface area contributed by atoms with Crippen molar-refractivity contribution in [3.8, 4) is 0 Å². The molecule has 0 fully saturated rings. The topological polar surface area (TPSA) is 52.6 Å². The Morgan fingerprint density at radius 2 is 1.36 bits per heavy atom. The molecular formula is C18H32O4. The first-order valence-corrected chi connectivity index (χ1v) is 8.63. The molecule has 0 aromatic carbocycles. The maximum absolute atomic E-state index is 11.4. The summed E-state index contributed by atoms with van der Waals surface area (Å²) in [6, 6.07) is 0. The molecule has 22 heavy (non-hydrogen) atoms. The summed E-state index contributed by atoms with van der Waals surface area (Å²) in [6.45, 7) is 4.91. The first kappa shape index (κ1) is 20.7. The van der Waals surface area contributed by atoms with Gasteiger partial charge in [-0.2, -0.15) is 0 Å². The van der Waals surface area contributed by atoms with Gasteiger partial charge in [0.05, 0.1) is 6.61 Å². The number of esters is 2. The zero-order chi connectivity index (χ0) is 16.5. The van der Waals surface area contributed by atoms with Gasteiger partial charge in [-0.1, -0.05) is 51.2 Å². The van der Waals surface area contributed by atoms with Crippen LogP contribution in [0.5, 0.6) is 0 Å². The zero-order valence-corrected chi connectivity index (χ0v) is 14.3. The highest BCUT2D eigenvalue weighted by molar-refractivity contribution is 5.69. The van der Waals surface area contributed by atoms with Crippen LogP contribution in [0.4, 0.5) is 0 Å². The Bertz CT molecular complexity index is 310. The molecule has 0 aromatic heterocycles.